The van der Waals surface area contributed by atoms with Gasteiger partial charge >= 0.3 is 0 Å². The molecule has 11 heteroatoms. The second-order valence-electron chi connectivity index (χ2n) is 9.17. The normalized spacial score (nSPS) is 16.5. The van der Waals surface area contributed by atoms with Crippen LogP contribution in [0, 0.1) is 10.1 Å². The van der Waals surface area contributed by atoms with Crippen LogP contribution in [0.4, 0.5) is 11.4 Å². The second kappa shape index (κ2) is 11.5. The summed E-state index contributed by atoms with van der Waals surface area (Å²) in [5, 5.41) is 16.0. The Morgan fingerprint density at radius 1 is 0.951 bits per heavy atom. The van der Waals surface area contributed by atoms with E-state index < -0.39 is 4.92 Å². The fourth-order valence-electron chi connectivity index (χ4n) is 4.71. The first-order valence-corrected chi connectivity index (χ1v) is 14.4. The van der Waals surface area contributed by atoms with E-state index in [-0.39, 0.29) is 17.8 Å². The fourth-order valence-corrected chi connectivity index (χ4v) is 6.38. The zero-order chi connectivity index (χ0) is 28.5. The van der Waals surface area contributed by atoms with Crippen LogP contribution in [0.25, 0.3) is 11.3 Å². The van der Waals surface area contributed by atoms with E-state index in [1.54, 1.807) is 30.5 Å². The van der Waals surface area contributed by atoms with E-state index in [1.807, 2.05) is 65.6 Å². The Kier molecular flexibility index (Phi) is 7.68. The molecular weight excluding hydrogens is 599 g/mol. The number of nitrogens with one attached hydrogen (secondary N) is 1. The summed E-state index contributed by atoms with van der Waals surface area (Å²) in [7, 11) is 0. The van der Waals surface area contributed by atoms with Crippen LogP contribution in [0.3, 0.4) is 0 Å². The van der Waals surface area contributed by atoms with Crippen LogP contribution in [0.5, 0.6) is 0 Å². The van der Waals surface area contributed by atoms with Crippen molar-refractivity contribution in [2.75, 3.05) is 4.90 Å². The number of aromatic nitrogens is 1. The molecule has 0 bridgehead atoms. The van der Waals surface area contributed by atoms with Gasteiger partial charge in [0.05, 0.1) is 21.7 Å². The number of halogens is 2. The van der Waals surface area contributed by atoms with E-state index in [1.165, 1.54) is 23.9 Å². The average Bonchev–Trinajstić information content (AvgIpc) is 3.59. The Balaban J connectivity index is 1.33. The summed E-state index contributed by atoms with van der Waals surface area (Å²) < 4.78 is 6.41. The number of nitrogens with zero attached hydrogens (tertiary/aromatic N) is 3. The number of nitro benzene ring substituents is 1. The number of nitro groups is 1. The summed E-state index contributed by atoms with van der Waals surface area (Å²) in [6.07, 6.45) is 1.76. The van der Waals surface area contributed by atoms with Gasteiger partial charge in [-0.05, 0) is 91.1 Å². The summed E-state index contributed by atoms with van der Waals surface area (Å²) in [6, 6.07) is 28.8. The van der Waals surface area contributed by atoms with E-state index in [0.717, 1.165) is 26.7 Å². The first-order chi connectivity index (χ1) is 19.9. The maximum atomic E-state index is 11.0. The molecule has 0 radical (unpaired) electrons. The van der Waals surface area contributed by atoms with E-state index in [4.69, 9.17) is 39.8 Å². The van der Waals surface area contributed by atoms with Crippen molar-refractivity contribution < 1.29 is 9.34 Å². The highest BCUT2D eigenvalue weighted by Gasteiger charge is 2.42. The number of rotatable bonds is 7. The van der Waals surface area contributed by atoms with Crippen molar-refractivity contribution in [3.05, 3.63) is 135 Å². The van der Waals surface area contributed by atoms with Crippen LogP contribution in [0.15, 0.2) is 117 Å². The largest absolute Gasteiger partial charge is 0.459 e. The van der Waals surface area contributed by atoms with Gasteiger partial charge in [0.1, 0.15) is 17.6 Å². The smallest absolute Gasteiger partial charge is 0.269 e. The van der Waals surface area contributed by atoms with Gasteiger partial charge in [0.15, 0.2) is 5.11 Å². The van der Waals surface area contributed by atoms with Gasteiger partial charge in [-0.3, -0.25) is 15.1 Å². The summed E-state index contributed by atoms with van der Waals surface area (Å²) >= 11 is 19.9. The molecule has 0 spiro atoms. The van der Waals surface area contributed by atoms with Gasteiger partial charge in [0, 0.05) is 44.4 Å². The maximum absolute atomic E-state index is 11.0. The van der Waals surface area contributed by atoms with Crippen LogP contribution in [-0.2, 0) is 0 Å². The highest BCUT2D eigenvalue weighted by molar-refractivity contribution is 7.99. The lowest BCUT2D eigenvalue weighted by molar-refractivity contribution is -0.384. The molecule has 2 unspecified atom stereocenters. The molecule has 0 aliphatic carbocycles. The van der Waals surface area contributed by atoms with E-state index in [2.05, 4.69) is 10.3 Å². The van der Waals surface area contributed by atoms with Crippen molar-refractivity contribution in [3.63, 3.8) is 0 Å². The zero-order valence-corrected chi connectivity index (χ0v) is 24.3. The van der Waals surface area contributed by atoms with Crippen LogP contribution < -0.4 is 10.2 Å². The van der Waals surface area contributed by atoms with E-state index >= 15 is 0 Å². The fraction of sp³-hybridized carbons (Fsp3) is 0.0667. The summed E-state index contributed by atoms with van der Waals surface area (Å²) in [5.41, 5.74) is 2.51. The molecule has 0 saturated carbocycles. The van der Waals surface area contributed by atoms with Gasteiger partial charge in [-0.15, -0.1) is 0 Å². The quantitative estimate of drug-likeness (QED) is 0.110. The molecular formula is C30H20Cl2N4O3S2. The maximum Gasteiger partial charge on any atom is 0.269 e. The molecule has 3 aromatic carbocycles. The average molecular weight is 620 g/mol. The van der Waals surface area contributed by atoms with Crippen molar-refractivity contribution in [2.45, 2.75) is 21.9 Å². The minimum Gasteiger partial charge on any atom is -0.459 e. The van der Waals surface area contributed by atoms with E-state index in [0.29, 0.717) is 26.7 Å². The number of benzene rings is 3. The number of hydrogen-bond donors (Lipinski definition) is 1. The lowest BCUT2D eigenvalue weighted by atomic mass is 10.0. The first kappa shape index (κ1) is 27.3. The lowest BCUT2D eigenvalue weighted by Crippen LogP contribution is -2.29. The van der Waals surface area contributed by atoms with Crippen molar-refractivity contribution >= 4 is 63.7 Å². The van der Waals surface area contributed by atoms with Gasteiger partial charge in [-0.25, -0.2) is 0 Å². The monoisotopic (exact) mass is 618 g/mol. The predicted octanol–water partition coefficient (Wildman–Crippen LogP) is 8.88. The molecule has 1 N–H and O–H groups in total. The molecule has 1 aliphatic heterocycles. The molecule has 0 amide bonds. The molecule has 2 atom stereocenters. The molecule has 5 aromatic rings. The van der Waals surface area contributed by atoms with Crippen LogP contribution in [0.1, 0.15) is 23.5 Å². The van der Waals surface area contributed by atoms with Crippen LogP contribution in [0.2, 0.25) is 10.0 Å². The SMILES string of the molecule is O=[N+]([O-])c1ccc(Sc2ccc(N3C(=S)NC(c4ccccn4)C3c3ccc(-c4ccc(Cl)cc4Cl)o3)cc2)cc1. The van der Waals surface area contributed by atoms with Gasteiger partial charge in [0.2, 0.25) is 0 Å². The molecule has 1 fully saturated rings. The van der Waals surface area contributed by atoms with Gasteiger partial charge < -0.3 is 14.6 Å². The minimum atomic E-state index is -0.406. The molecule has 1 saturated heterocycles. The van der Waals surface area contributed by atoms with Crippen molar-refractivity contribution in [1.82, 2.24) is 10.3 Å². The predicted molar refractivity (Wildman–Crippen MR) is 166 cm³/mol. The molecule has 2 aromatic heterocycles. The topological polar surface area (TPSA) is 84.4 Å². The minimum absolute atomic E-state index is 0.0627. The van der Waals surface area contributed by atoms with Crippen LogP contribution >= 0.6 is 47.2 Å². The third kappa shape index (κ3) is 5.67. The highest BCUT2D eigenvalue weighted by atomic mass is 35.5. The third-order valence-corrected chi connectivity index (χ3v) is 8.49. The number of anilines is 1. The van der Waals surface area contributed by atoms with Gasteiger partial charge in [-0.2, -0.15) is 0 Å². The summed E-state index contributed by atoms with van der Waals surface area (Å²) in [5.74, 6) is 1.31. The third-order valence-electron chi connectivity index (χ3n) is 6.61. The molecule has 204 valence electrons. The Hall–Kier alpha value is -3.89. The van der Waals surface area contributed by atoms with Crippen molar-refractivity contribution in [3.8, 4) is 11.3 Å². The van der Waals surface area contributed by atoms with Gasteiger partial charge in [0.25, 0.3) is 5.69 Å². The Labute approximate surface area is 255 Å². The van der Waals surface area contributed by atoms with Crippen molar-refractivity contribution in [1.29, 1.82) is 0 Å². The number of non-ortho nitro benzene ring substituents is 1. The zero-order valence-electron chi connectivity index (χ0n) is 21.1. The molecule has 7 nitrogen and oxygen atoms in total. The number of hydrogen-bond acceptors (Lipinski definition) is 6. The van der Waals surface area contributed by atoms with E-state index in [9.17, 15) is 10.1 Å². The Morgan fingerprint density at radius 3 is 2.34 bits per heavy atom. The lowest BCUT2D eigenvalue weighted by Gasteiger charge is -2.26. The standard InChI is InChI=1S/C30H20Cl2N4O3S2/c31-18-4-13-23(24(32)17-18)26-14-15-27(39-26)29-28(25-3-1-2-16-33-25)34-30(40)35(29)19-5-9-21(10-6-19)41-22-11-7-20(8-12-22)36(37)38/h1-17,28-29H,(H,34,40). The Bertz CT molecular complexity index is 1730. The number of furan rings is 1. The van der Waals surface area contributed by atoms with Crippen LogP contribution in [-0.4, -0.2) is 15.0 Å². The molecule has 1 aliphatic rings. The second-order valence-corrected chi connectivity index (χ2v) is 11.5. The highest BCUT2D eigenvalue weighted by Crippen LogP contribution is 2.44. The Morgan fingerprint density at radius 2 is 1.68 bits per heavy atom. The molecule has 6 rings (SSSR count). The van der Waals surface area contributed by atoms with Crippen molar-refractivity contribution in [2.24, 2.45) is 0 Å². The first-order valence-electron chi connectivity index (χ1n) is 12.5. The number of pyridine rings is 1. The summed E-state index contributed by atoms with van der Waals surface area (Å²) in [4.78, 5) is 19.1. The number of thiocarbonyl (C=S) groups is 1. The molecule has 41 heavy (non-hydrogen) atoms. The molecule has 3 heterocycles. The van der Waals surface area contributed by atoms with Gasteiger partial charge in [-0.1, -0.05) is 41.0 Å². The summed E-state index contributed by atoms with van der Waals surface area (Å²) in [6.45, 7) is 0.